The molecule has 0 amide bonds. The van der Waals surface area contributed by atoms with Crippen molar-refractivity contribution in [2.45, 2.75) is 39.0 Å². The summed E-state index contributed by atoms with van der Waals surface area (Å²) in [4.78, 5) is 5.22. The molecule has 146 valence electrons. The van der Waals surface area contributed by atoms with Crippen molar-refractivity contribution in [3.8, 4) is 0 Å². The minimum atomic E-state index is 0.637. The van der Waals surface area contributed by atoms with Crippen LogP contribution in [-0.2, 0) is 24.4 Å². The van der Waals surface area contributed by atoms with Gasteiger partial charge in [0.15, 0.2) is 0 Å². The van der Waals surface area contributed by atoms with Crippen molar-refractivity contribution in [3.05, 3.63) is 53.9 Å². The predicted molar refractivity (Wildman–Crippen MR) is 107 cm³/mol. The minimum Gasteiger partial charge on any atom is -0.375 e. The summed E-state index contributed by atoms with van der Waals surface area (Å²) in [6.07, 6.45) is 6.06. The Kier molecular flexibility index (Phi) is 6.56. The van der Waals surface area contributed by atoms with Crippen LogP contribution in [0.1, 0.15) is 30.5 Å². The van der Waals surface area contributed by atoms with Crippen LogP contribution in [0.5, 0.6) is 0 Å². The summed E-state index contributed by atoms with van der Waals surface area (Å²) >= 11 is 0. The molecule has 3 heterocycles. The van der Waals surface area contributed by atoms with Crippen LogP contribution >= 0.6 is 0 Å². The Hall–Kier alpha value is -1.69. The van der Waals surface area contributed by atoms with Gasteiger partial charge in [-0.2, -0.15) is 5.10 Å². The number of rotatable bonds is 7. The monoisotopic (exact) mass is 368 g/mol. The van der Waals surface area contributed by atoms with Crippen LogP contribution in [0, 0.1) is 5.92 Å². The summed E-state index contributed by atoms with van der Waals surface area (Å²) in [6, 6.07) is 12.6. The molecular weight excluding hydrogens is 336 g/mol. The van der Waals surface area contributed by atoms with Crippen LogP contribution in [0.2, 0.25) is 0 Å². The molecule has 0 unspecified atom stereocenters. The molecule has 1 atom stereocenters. The maximum atomic E-state index is 5.94. The molecule has 0 radical (unpaired) electrons. The second kappa shape index (κ2) is 9.49. The molecule has 4 rings (SSSR count). The van der Waals surface area contributed by atoms with Crippen molar-refractivity contribution in [3.63, 3.8) is 0 Å². The van der Waals surface area contributed by atoms with Crippen LogP contribution in [0.15, 0.2) is 42.6 Å². The van der Waals surface area contributed by atoms with Gasteiger partial charge >= 0.3 is 0 Å². The number of hydrogen-bond acceptors (Lipinski definition) is 4. The van der Waals surface area contributed by atoms with E-state index >= 15 is 0 Å². The van der Waals surface area contributed by atoms with Crippen LogP contribution in [0.4, 0.5) is 0 Å². The van der Waals surface area contributed by atoms with E-state index in [-0.39, 0.29) is 0 Å². The van der Waals surface area contributed by atoms with Gasteiger partial charge < -0.3 is 9.64 Å². The molecule has 1 saturated heterocycles. The lowest BCUT2D eigenvalue weighted by Crippen LogP contribution is -2.39. The number of likely N-dealkylation sites (tertiary alicyclic amines) is 1. The number of nitrogens with zero attached hydrogens (tertiary/aromatic N) is 4. The normalized spacial score (nSPS) is 21.7. The minimum absolute atomic E-state index is 0.637. The van der Waals surface area contributed by atoms with E-state index in [1.54, 1.807) is 0 Å². The van der Waals surface area contributed by atoms with E-state index in [0.717, 1.165) is 32.8 Å². The first-order valence-corrected chi connectivity index (χ1v) is 10.4. The molecule has 27 heavy (non-hydrogen) atoms. The summed E-state index contributed by atoms with van der Waals surface area (Å²) in [5.41, 5.74) is 2.58. The number of fused-ring (bicyclic) bond motifs is 1. The van der Waals surface area contributed by atoms with Gasteiger partial charge in [0, 0.05) is 44.8 Å². The van der Waals surface area contributed by atoms with Gasteiger partial charge in [-0.3, -0.25) is 9.58 Å². The lowest BCUT2D eigenvalue weighted by Gasteiger charge is -2.31. The maximum Gasteiger partial charge on any atom is 0.0717 e. The van der Waals surface area contributed by atoms with Crippen LogP contribution in [-0.4, -0.2) is 58.9 Å². The quantitative estimate of drug-likeness (QED) is 0.704. The zero-order valence-corrected chi connectivity index (χ0v) is 16.3. The first-order chi connectivity index (χ1) is 13.4. The molecule has 2 aliphatic rings. The molecule has 5 nitrogen and oxygen atoms in total. The van der Waals surface area contributed by atoms with Crippen molar-refractivity contribution in [1.29, 1.82) is 0 Å². The predicted octanol–water partition coefficient (Wildman–Crippen LogP) is 3.02. The van der Waals surface area contributed by atoms with Gasteiger partial charge in [0.05, 0.1) is 18.9 Å². The molecule has 2 aromatic rings. The third-order valence-corrected chi connectivity index (χ3v) is 5.77. The molecule has 1 aromatic carbocycles. The van der Waals surface area contributed by atoms with Gasteiger partial charge in [0.1, 0.15) is 0 Å². The summed E-state index contributed by atoms with van der Waals surface area (Å²) in [6.45, 7) is 9.34. The second-order valence-electron chi connectivity index (χ2n) is 8.01. The molecular formula is C22H32N4O. The average Bonchev–Trinajstić information content (AvgIpc) is 3.06. The van der Waals surface area contributed by atoms with Gasteiger partial charge in [0.25, 0.3) is 0 Å². The zero-order valence-electron chi connectivity index (χ0n) is 16.3. The van der Waals surface area contributed by atoms with E-state index in [4.69, 9.17) is 4.74 Å². The zero-order chi connectivity index (χ0) is 18.3. The van der Waals surface area contributed by atoms with Crippen molar-refractivity contribution < 1.29 is 4.74 Å². The lowest BCUT2D eigenvalue weighted by molar-refractivity contribution is 0.0810. The largest absolute Gasteiger partial charge is 0.375 e. The Labute approximate surface area is 162 Å². The number of aromatic nitrogens is 2. The van der Waals surface area contributed by atoms with E-state index in [1.807, 2.05) is 12.3 Å². The lowest BCUT2D eigenvalue weighted by atomic mass is 10.1. The van der Waals surface area contributed by atoms with Gasteiger partial charge in [-0.05, 0) is 37.6 Å². The first kappa shape index (κ1) is 18.7. The van der Waals surface area contributed by atoms with Gasteiger partial charge in [0.2, 0.25) is 0 Å². The number of benzene rings is 1. The smallest absolute Gasteiger partial charge is 0.0717 e. The summed E-state index contributed by atoms with van der Waals surface area (Å²) in [7, 11) is 0. The number of ether oxygens (including phenoxy) is 1. The van der Waals surface area contributed by atoms with E-state index in [2.05, 4.69) is 49.9 Å². The van der Waals surface area contributed by atoms with Crippen molar-refractivity contribution >= 4 is 0 Å². The molecule has 0 N–H and O–H groups in total. The van der Waals surface area contributed by atoms with E-state index in [0.29, 0.717) is 12.5 Å². The highest BCUT2D eigenvalue weighted by atomic mass is 16.5. The fourth-order valence-electron chi connectivity index (χ4n) is 4.37. The fourth-order valence-corrected chi connectivity index (χ4v) is 4.37. The maximum absolute atomic E-state index is 5.94. The molecule has 2 aliphatic heterocycles. The molecule has 1 aromatic heterocycles. The van der Waals surface area contributed by atoms with Crippen molar-refractivity contribution in [2.24, 2.45) is 5.92 Å². The van der Waals surface area contributed by atoms with E-state index < -0.39 is 0 Å². The first-order valence-electron chi connectivity index (χ1n) is 10.4. The Balaban J connectivity index is 1.30. The van der Waals surface area contributed by atoms with Gasteiger partial charge in [-0.25, -0.2) is 0 Å². The third kappa shape index (κ3) is 5.41. The van der Waals surface area contributed by atoms with Crippen molar-refractivity contribution in [2.75, 3.05) is 39.3 Å². The fraction of sp³-hybridized carbons (Fsp3) is 0.591. The number of hydrogen-bond donors (Lipinski definition) is 0. The Bertz CT molecular complexity index is 681. The number of piperidine rings is 1. The Morgan fingerprint density at radius 3 is 2.67 bits per heavy atom. The topological polar surface area (TPSA) is 33.5 Å². The average molecular weight is 369 g/mol. The van der Waals surface area contributed by atoms with E-state index in [1.165, 1.54) is 50.2 Å². The Morgan fingerprint density at radius 2 is 1.81 bits per heavy atom. The van der Waals surface area contributed by atoms with Crippen LogP contribution in [0.3, 0.4) is 0 Å². The molecule has 1 fully saturated rings. The summed E-state index contributed by atoms with van der Waals surface area (Å²) in [5, 5.41) is 4.57. The summed E-state index contributed by atoms with van der Waals surface area (Å²) < 4.78 is 8.17. The summed E-state index contributed by atoms with van der Waals surface area (Å²) in [5.74, 6) is 0.637. The van der Waals surface area contributed by atoms with Gasteiger partial charge in [-0.15, -0.1) is 0 Å². The molecule has 0 spiro atoms. The standard InChI is InChI=1S/C22H32N4O/c1-3-7-20(8-4-1)19-27-14-13-25-16-21(15-24-11-5-2-6-12-24)17-26-22(18-25)9-10-23-26/h1,3-4,7-10,21H,2,5-6,11-19H2/t21-/m0/s1. The van der Waals surface area contributed by atoms with Gasteiger partial charge in [-0.1, -0.05) is 36.8 Å². The SMILES string of the molecule is c1ccc(COCCN2Cc3ccnn3C[C@@H](CN3CCCCC3)C2)cc1. The molecule has 0 aliphatic carbocycles. The Morgan fingerprint density at radius 1 is 0.963 bits per heavy atom. The molecule has 0 bridgehead atoms. The highest BCUT2D eigenvalue weighted by molar-refractivity contribution is 5.13. The van der Waals surface area contributed by atoms with Crippen molar-refractivity contribution in [1.82, 2.24) is 19.6 Å². The third-order valence-electron chi connectivity index (χ3n) is 5.77. The van der Waals surface area contributed by atoms with E-state index in [9.17, 15) is 0 Å². The highest BCUT2D eigenvalue weighted by Crippen LogP contribution is 2.18. The molecule has 5 heteroatoms. The highest BCUT2D eigenvalue weighted by Gasteiger charge is 2.24. The van der Waals surface area contributed by atoms with Crippen LogP contribution < -0.4 is 0 Å². The second-order valence-corrected chi connectivity index (χ2v) is 8.01. The van der Waals surface area contributed by atoms with Crippen LogP contribution in [0.25, 0.3) is 0 Å². The molecule has 0 saturated carbocycles.